The summed E-state index contributed by atoms with van der Waals surface area (Å²) < 4.78 is 70.6. The minimum absolute atomic E-state index is 0.512. The van der Waals surface area contributed by atoms with Gasteiger partial charge in [0.15, 0.2) is 0 Å². The molecule has 0 N–H and O–H groups in total. The second kappa shape index (κ2) is 56.6. The van der Waals surface area contributed by atoms with E-state index in [1.165, 1.54) is 143 Å². The molecule has 0 unspecified atom stereocenters. The van der Waals surface area contributed by atoms with Gasteiger partial charge in [0.25, 0.3) is 0 Å². The predicted molar refractivity (Wildman–Crippen MR) is 557 cm³/mol. The lowest BCUT2D eigenvalue weighted by Crippen LogP contribution is -2.15. The lowest BCUT2D eigenvalue weighted by Gasteiger charge is -2.21. The molecule has 0 heterocycles. The Morgan fingerprint density at radius 3 is 0.644 bits per heavy atom. The van der Waals surface area contributed by atoms with Crippen molar-refractivity contribution in [2.75, 3.05) is 39.6 Å². The van der Waals surface area contributed by atoms with Gasteiger partial charge in [-0.1, -0.05) is 284 Å². The monoisotopic (exact) mass is 1820 g/mol. The maximum atomic E-state index is 5.99. The Kier molecular flexibility index (Phi) is 43.5. The van der Waals surface area contributed by atoms with Crippen LogP contribution in [0.4, 0.5) is 0 Å². The van der Waals surface area contributed by atoms with Crippen LogP contribution in [0.25, 0.3) is 0 Å². The fourth-order valence-electron chi connectivity index (χ4n) is 16.0. The van der Waals surface area contributed by atoms with Crippen LogP contribution in [0, 0.1) is 29.6 Å². The summed E-state index contributed by atoms with van der Waals surface area (Å²) in [6, 6.07) is 97.1. The molecule has 12 nitrogen and oxygen atoms in total. The standard InChI is InChI=1S/C23H30O2.C22H28O2.C21H26O2.C19H22O2.2C19H24O2/c1-18(2)20-11-13-21(14-12-20)25-23-10-6-9-22(17-23)24-16-15-19-7-4-3-5-8-19;1-17(2)19-11-13-20(14-12-19)24-22-10-6-9-21(15-22)23-16-18-7-4-3-5-8-18;1-16(2)18-10-12-19(13-11-18)23-21-9-5-8-20(14-21)22-15-17-6-3-4-7-17;1-14(2)16-8-10-17(11-9-16)21-19-5-3-4-18(12-19)20-13-15-6-7-15;1-14(2)13-20-18-6-5-7-19(12-18)21-17-10-8-16(9-11-17)15(3)4;1-4-5-13-20-18-7-6-8-19(14-18)21-17-11-9-16(10-12-17)15(2)3/h6,9-14,17-19H,3-5,7-8,15-16H2,1-2H3;6,9-15,17-18H,3-5,7-8,16H2,1-2H3;5,8-14,16-17H,3-4,6-7,15H2,1-2H3;3-5,8-12,14-15H,6-7,13H2,1-2H3;5-12,14-15H,13H2,1-4H3;6-12,14-15H,4-5,13H2,1-3H3. The van der Waals surface area contributed by atoms with Crippen LogP contribution in [0.5, 0.6) is 103 Å². The van der Waals surface area contributed by atoms with Crippen molar-refractivity contribution in [3.05, 3.63) is 325 Å². The SMILES string of the molecule is CC(C)COc1cccc(Oc2ccc(C(C)C)cc2)c1.CC(C)c1ccc(Oc2cccc(OCC3CC3)c2)cc1.CC(C)c1ccc(Oc2cccc(OCC3CCCC3)c2)cc1.CC(C)c1ccc(Oc2cccc(OCC3CCCCC3)c2)cc1.CC(C)c1ccc(Oc2cccc(OCCC3CCCCC3)c2)cc1.CCCCOc1cccc(Oc2ccc(C(C)C)cc2)c1. The molecule has 4 aliphatic carbocycles. The summed E-state index contributed by atoms with van der Waals surface area (Å²) >= 11 is 0. The van der Waals surface area contributed by atoms with E-state index in [1.54, 1.807) is 0 Å². The summed E-state index contributed by atoms with van der Waals surface area (Å²) in [5.41, 5.74) is 7.93. The van der Waals surface area contributed by atoms with Gasteiger partial charge in [0.05, 0.1) is 39.6 Å². The maximum absolute atomic E-state index is 5.99. The van der Waals surface area contributed by atoms with Gasteiger partial charge in [0.2, 0.25) is 0 Å². The van der Waals surface area contributed by atoms with Gasteiger partial charge in [-0.05, 0) is 295 Å². The minimum atomic E-state index is 0.512. The number of hydrogen-bond acceptors (Lipinski definition) is 12. The lowest BCUT2D eigenvalue weighted by atomic mass is 9.87. The van der Waals surface area contributed by atoms with Crippen LogP contribution in [0.2, 0.25) is 0 Å². The first kappa shape index (κ1) is 104. The maximum Gasteiger partial charge on any atom is 0.131 e. The fraction of sp³-hybridized carbons (Fsp3) is 0.415. The summed E-state index contributed by atoms with van der Waals surface area (Å²) in [5.74, 6) is 22.1. The molecule has 12 aromatic rings. The normalized spacial score (nSPS) is 13.7. The van der Waals surface area contributed by atoms with E-state index in [-0.39, 0.29) is 0 Å². The van der Waals surface area contributed by atoms with Crippen LogP contribution in [0.15, 0.2) is 291 Å². The van der Waals surface area contributed by atoms with Crippen LogP contribution < -0.4 is 56.8 Å². The summed E-state index contributed by atoms with van der Waals surface area (Å²) in [6.07, 6.45) is 24.9. The van der Waals surface area contributed by atoms with Crippen molar-refractivity contribution in [1.82, 2.24) is 0 Å². The minimum Gasteiger partial charge on any atom is -0.493 e. The fourth-order valence-corrected chi connectivity index (χ4v) is 16.0. The Morgan fingerprint density at radius 1 is 0.207 bits per heavy atom. The average Bonchev–Trinajstić information content (AvgIpc) is 1.58. The highest BCUT2D eigenvalue weighted by Crippen LogP contribution is 2.38. The zero-order valence-electron chi connectivity index (χ0n) is 83.6. The van der Waals surface area contributed by atoms with Crippen molar-refractivity contribution in [3.8, 4) is 103 Å². The second-order valence-corrected chi connectivity index (χ2v) is 38.9. The molecule has 0 aromatic heterocycles. The topological polar surface area (TPSA) is 111 Å². The van der Waals surface area contributed by atoms with Gasteiger partial charge in [0.1, 0.15) is 103 Å². The molecule has 4 saturated carbocycles. The van der Waals surface area contributed by atoms with E-state index in [0.29, 0.717) is 54.0 Å². The average molecular weight is 1820 g/mol. The summed E-state index contributed by atoms with van der Waals surface area (Å²) in [5, 5.41) is 0. The van der Waals surface area contributed by atoms with Crippen molar-refractivity contribution < 1.29 is 56.8 Å². The molecule has 135 heavy (non-hydrogen) atoms. The molecular weight excluding hydrogens is 1670 g/mol. The Morgan fingerprint density at radius 2 is 0.415 bits per heavy atom. The van der Waals surface area contributed by atoms with Crippen LogP contribution in [0.1, 0.15) is 295 Å². The van der Waals surface area contributed by atoms with Gasteiger partial charge in [-0.3, -0.25) is 0 Å². The first-order valence-electron chi connectivity index (χ1n) is 50.6. The smallest absolute Gasteiger partial charge is 0.131 e. The Bertz CT molecular complexity index is 5170. The molecule has 16 rings (SSSR count). The van der Waals surface area contributed by atoms with Crippen molar-refractivity contribution in [2.24, 2.45) is 29.6 Å². The highest BCUT2D eigenvalue weighted by molar-refractivity contribution is 5.45. The van der Waals surface area contributed by atoms with Crippen molar-refractivity contribution in [3.63, 3.8) is 0 Å². The number of ether oxygens (including phenoxy) is 12. The summed E-state index contributed by atoms with van der Waals surface area (Å²) in [7, 11) is 0. The molecule has 12 heteroatoms. The molecule has 0 bridgehead atoms. The third-order valence-corrected chi connectivity index (χ3v) is 24.8. The van der Waals surface area contributed by atoms with Crippen molar-refractivity contribution in [2.45, 2.75) is 261 Å². The number of unbranched alkanes of at least 4 members (excludes halogenated alkanes) is 1. The molecule has 4 aliphatic rings. The molecule has 0 radical (unpaired) electrons. The third kappa shape index (κ3) is 38.9. The summed E-state index contributed by atoms with van der Waals surface area (Å²) in [4.78, 5) is 0. The first-order chi connectivity index (χ1) is 65.5. The number of rotatable bonds is 38. The van der Waals surface area contributed by atoms with Gasteiger partial charge in [-0.2, -0.15) is 0 Å². The molecular formula is C123H154O12. The predicted octanol–water partition coefficient (Wildman–Crippen LogP) is 36.5. The molecule has 4 fully saturated rings. The molecule has 0 saturated heterocycles. The van der Waals surface area contributed by atoms with Crippen LogP contribution in [-0.4, -0.2) is 39.6 Å². The van der Waals surface area contributed by atoms with Gasteiger partial charge >= 0.3 is 0 Å². The van der Waals surface area contributed by atoms with E-state index in [2.05, 4.69) is 177 Å². The van der Waals surface area contributed by atoms with E-state index in [9.17, 15) is 0 Å². The van der Waals surface area contributed by atoms with Crippen LogP contribution in [0.3, 0.4) is 0 Å². The van der Waals surface area contributed by atoms with E-state index < -0.39 is 0 Å². The lowest BCUT2D eigenvalue weighted by molar-refractivity contribution is 0.208. The van der Waals surface area contributed by atoms with E-state index in [0.717, 1.165) is 167 Å². The van der Waals surface area contributed by atoms with Crippen LogP contribution >= 0.6 is 0 Å². The third-order valence-electron chi connectivity index (χ3n) is 24.8. The quantitative estimate of drug-likeness (QED) is 0.0344. The molecule has 0 spiro atoms. The van der Waals surface area contributed by atoms with Gasteiger partial charge < -0.3 is 56.8 Å². The Balaban J connectivity index is 0.000000156. The van der Waals surface area contributed by atoms with Crippen LogP contribution in [-0.2, 0) is 0 Å². The number of benzene rings is 12. The molecule has 718 valence electrons. The molecule has 12 aromatic carbocycles. The Labute approximate surface area is 810 Å². The van der Waals surface area contributed by atoms with E-state index >= 15 is 0 Å². The largest absolute Gasteiger partial charge is 0.493 e. The molecule has 0 amide bonds. The number of hydrogen-bond donors (Lipinski definition) is 0. The van der Waals surface area contributed by atoms with E-state index in [4.69, 9.17) is 56.8 Å². The van der Waals surface area contributed by atoms with Gasteiger partial charge in [0, 0.05) is 36.4 Å². The second-order valence-electron chi connectivity index (χ2n) is 38.9. The Hall–Kier alpha value is -11.8. The molecule has 0 aliphatic heterocycles. The van der Waals surface area contributed by atoms with E-state index in [1.807, 2.05) is 218 Å². The highest BCUT2D eigenvalue weighted by Gasteiger charge is 2.23. The zero-order chi connectivity index (χ0) is 95.3. The molecule has 0 atom stereocenters. The highest BCUT2D eigenvalue weighted by atomic mass is 16.5. The zero-order valence-corrected chi connectivity index (χ0v) is 83.6. The summed E-state index contributed by atoms with van der Waals surface area (Å²) in [6.45, 7) is 37.5. The van der Waals surface area contributed by atoms with Crippen molar-refractivity contribution >= 4 is 0 Å². The van der Waals surface area contributed by atoms with Gasteiger partial charge in [-0.15, -0.1) is 0 Å². The first-order valence-corrected chi connectivity index (χ1v) is 50.6. The van der Waals surface area contributed by atoms with Crippen molar-refractivity contribution in [1.29, 1.82) is 0 Å². The van der Waals surface area contributed by atoms with Gasteiger partial charge in [-0.25, -0.2) is 0 Å².